The van der Waals surface area contributed by atoms with Gasteiger partial charge in [0.2, 0.25) is 10.0 Å². The van der Waals surface area contributed by atoms with Gasteiger partial charge in [-0.2, -0.15) is 13.2 Å². The van der Waals surface area contributed by atoms with E-state index in [1.165, 1.54) is 24.4 Å². The molecule has 6 rings (SSSR count). The first-order chi connectivity index (χ1) is 21.7. The number of aromatic nitrogens is 1. The van der Waals surface area contributed by atoms with E-state index in [2.05, 4.69) is 9.71 Å². The Labute approximate surface area is 259 Å². The van der Waals surface area contributed by atoms with E-state index >= 15 is 0 Å². The fourth-order valence-electron chi connectivity index (χ4n) is 5.18. The Morgan fingerprint density at radius 3 is 2.07 bits per heavy atom. The lowest BCUT2D eigenvalue weighted by molar-refractivity contribution is -0.136. The number of benzene rings is 5. The predicted octanol–water partition coefficient (Wildman–Crippen LogP) is 8.78. The number of ether oxygens (including phenoxy) is 1. The molecule has 0 aliphatic rings. The third-order valence-electron chi connectivity index (χ3n) is 7.32. The molecule has 0 aliphatic heterocycles. The van der Waals surface area contributed by atoms with Gasteiger partial charge in [0.15, 0.2) is 0 Å². The normalized spacial score (nSPS) is 11.9. The van der Waals surface area contributed by atoms with Gasteiger partial charge in [0, 0.05) is 18.1 Å². The van der Waals surface area contributed by atoms with Gasteiger partial charge < -0.3 is 4.74 Å². The number of rotatable bonds is 9. The van der Waals surface area contributed by atoms with Gasteiger partial charge in [0.05, 0.1) is 16.0 Å². The van der Waals surface area contributed by atoms with Crippen molar-refractivity contribution in [3.8, 4) is 22.6 Å². The quantitative estimate of drug-likeness (QED) is 0.175. The smallest absolute Gasteiger partial charge is 0.418 e. The largest absolute Gasteiger partial charge is 0.457 e. The van der Waals surface area contributed by atoms with Gasteiger partial charge >= 0.3 is 6.18 Å². The highest BCUT2D eigenvalue weighted by molar-refractivity contribution is 7.89. The van der Waals surface area contributed by atoms with Crippen LogP contribution in [0.5, 0.6) is 11.5 Å². The van der Waals surface area contributed by atoms with Crippen LogP contribution in [0.2, 0.25) is 0 Å². The predicted molar refractivity (Wildman–Crippen MR) is 168 cm³/mol. The lowest BCUT2D eigenvalue weighted by Gasteiger charge is -2.17. The van der Waals surface area contributed by atoms with Gasteiger partial charge in [-0.1, -0.05) is 84.9 Å². The summed E-state index contributed by atoms with van der Waals surface area (Å²) in [6.45, 7) is 0.161. The molecule has 0 fully saturated rings. The lowest BCUT2D eigenvalue weighted by Crippen LogP contribution is -2.23. The molecule has 5 aromatic carbocycles. The standard InChI is InChI=1S/C36H27F3N2O3S/c37-36(38,39)33-16-8-15-32-34(28(24-40-35(32)33)21-25-9-3-1-4-10-25)27-13-7-14-30(22-27)44-29-17-19-31(20-18-29)45(42,43)41-23-26-11-5-2-6-12-26/h1-20,22,24,41H,21,23H2. The summed E-state index contributed by atoms with van der Waals surface area (Å²) in [6, 6.07) is 36.1. The maximum atomic E-state index is 13.9. The SMILES string of the molecule is O=S(=O)(NCc1ccccc1)c1ccc(Oc2cccc(-c3c(Cc4ccccc4)cnc4c(C(F)(F)F)cccc34)c2)cc1. The van der Waals surface area contributed by atoms with Gasteiger partial charge in [-0.3, -0.25) is 4.98 Å². The molecule has 0 aliphatic carbocycles. The number of para-hydroxylation sites is 1. The second-order valence-electron chi connectivity index (χ2n) is 10.4. The van der Waals surface area contributed by atoms with Crippen LogP contribution in [0, 0.1) is 0 Å². The molecule has 0 amide bonds. The Balaban J connectivity index is 1.31. The zero-order valence-electron chi connectivity index (χ0n) is 23.8. The minimum atomic E-state index is -4.56. The topological polar surface area (TPSA) is 68.3 Å². The summed E-state index contributed by atoms with van der Waals surface area (Å²) in [5.74, 6) is 0.838. The Hall–Kier alpha value is -4.99. The number of nitrogens with zero attached hydrogens (tertiary/aromatic N) is 1. The molecule has 45 heavy (non-hydrogen) atoms. The molecular weight excluding hydrogens is 597 g/mol. The molecular formula is C36H27F3N2O3S. The third kappa shape index (κ3) is 6.90. The van der Waals surface area contributed by atoms with Crippen LogP contribution in [0.4, 0.5) is 13.2 Å². The fraction of sp³-hybridized carbons (Fsp3) is 0.0833. The highest BCUT2D eigenvalue weighted by Crippen LogP contribution is 2.40. The number of halogens is 3. The van der Waals surface area contributed by atoms with Gasteiger partial charge in [0.1, 0.15) is 11.5 Å². The Bertz CT molecular complexity index is 2050. The summed E-state index contributed by atoms with van der Waals surface area (Å²) in [5, 5.41) is 0.382. The lowest BCUT2D eigenvalue weighted by atomic mass is 9.92. The van der Waals surface area contributed by atoms with Crippen LogP contribution >= 0.6 is 0 Å². The maximum Gasteiger partial charge on any atom is 0.418 e. The van der Waals surface area contributed by atoms with E-state index < -0.39 is 21.8 Å². The summed E-state index contributed by atoms with van der Waals surface area (Å²) in [5.41, 5.74) is 2.97. The summed E-state index contributed by atoms with van der Waals surface area (Å²) in [4.78, 5) is 4.36. The van der Waals surface area contributed by atoms with Crippen LogP contribution in [0.25, 0.3) is 22.0 Å². The molecule has 0 spiro atoms. The van der Waals surface area contributed by atoms with E-state index in [9.17, 15) is 21.6 Å². The Morgan fingerprint density at radius 2 is 1.38 bits per heavy atom. The molecule has 1 N–H and O–H groups in total. The van der Waals surface area contributed by atoms with Crippen molar-refractivity contribution in [2.45, 2.75) is 24.0 Å². The molecule has 5 nitrogen and oxygen atoms in total. The van der Waals surface area contributed by atoms with Gasteiger partial charge in [-0.05, 0) is 76.7 Å². The van der Waals surface area contributed by atoms with Crippen LogP contribution in [-0.2, 0) is 29.2 Å². The minimum Gasteiger partial charge on any atom is -0.457 e. The Kier molecular flexibility index (Phi) is 8.38. The number of sulfonamides is 1. The van der Waals surface area contributed by atoms with Crippen molar-refractivity contribution in [3.05, 3.63) is 156 Å². The first kappa shape index (κ1) is 30.1. The van der Waals surface area contributed by atoms with Crippen LogP contribution in [0.3, 0.4) is 0 Å². The van der Waals surface area contributed by atoms with Crippen molar-refractivity contribution in [2.75, 3.05) is 0 Å². The van der Waals surface area contributed by atoms with E-state index in [1.54, 1.807) is 36.4 Å². The molecule has 0 unspecified atom stereocenters. The summed E-state index contributed by atoms with van der Waals surface area (Å²) in [6.07, 6.45) is -2.58. The first-order valence-electron chi connectivity index (χ1n) is 14.1. The van der Waals surface area contributed by atoms with Crippen LogP contribution < -0.4 is 9.46 Å². The van der Waals surface area contributed by atoms with Crippen LogP contribution in [0.1, 0.15) is 22.3 Å². The average molecular weight is 625 g/mol. The zero-order valence-corrected chi connectivity index (χ0v) is 24.6. The van der Waals surface area contributed by atoms with E-state index in [0.717, 1.165) is 22.8 Å². The summed E-state index contributed by atoms with van der Waals surface area (Å²) >= 11 is 0. The molecule has 6 aromatic rings. The third-order valence-corrected chi connectivity index (χ3v) is 8.74. The number of pyridine rings is 1. The first-order valence-corrected chi connectivity index (χ1v) is 15.6. The maximum absolute atomic E-state index is 13.9. The van der Waals surface area contributed by atoms with Gasteiger partial charge in [-0.15, -0.1) is 0 Å². The Morgan fingerprint density at radius 1 is 0.711 bits per heavy atom. The number of nitrogens with one attached hydrogen (secondary N) is 1. The number of hydrogen-bond donors (Lipinski definition) is 1. The summed E-state index contributed by atoms with van der Waals surface area (Å²) < 4.78 is 76.1. The molecule has 0 atom stereocenters. The molecule has 0 bridgehead atoms. The van der Waals surface area contributed by atoms with Gasteiger partial charge in [-0.25, -0.2) is 13.1 Å². The van der Waals surface area contributed by atoms with E-state index in [4.69, 9.17) is 4.74 Å². The van der Waals surface area contributed by atoms with Crippen molar-refractivity contribution in [1.29, 1.82) is 0 Å². The van der Waals surface area contributed by atoms with Crippen molar-refractivity contribution < 1.29 is 26.3 Å². The van der Waals surface area contributed by atoms with Crippen molar-refractivity contribution in [3.63, 3.8) is 0 Å². The molecule has 1 heterocycles. The summed E-state index contributed by atoms with van der Waals surface area (Å²) in [7, 11) is -3.75. The monoisotopic (exact) mass is 624 g/mol. The molecule has 1 aromatic heterocycles. The minimum absolute atomic E-state index is 0.0915. The number of alkyl halides is 3. The van der Waals surface area contributed by atoms with Crippen molar-refractivity contribution >= 4 is 20.9 Å². The van der Waals surface area contributed by atoms with Crippen molar-refractivity contribution in [2.24, 2.45) is 0 Å². The van der Waals surface area contributed by atoms with Gasteiger partial charge in [0.25, 0.3) is 0 Å². The zero-order chi connectivity index (χ0) is 31.4. The fourth-order valence-corrected chi connectivity index (χ4v) is 6.20. The van der Waals surface area contributed by atoms with E-state index in [-0.39, 0.29) is 17.0 Å². The molecule has 226 valence electrons. The highest BCUT2D eigenvalue weighted by Gasteiger charge is 2.33. The second kappa shape index (κ2) is 12.6. The molecule has 0 saturated heterocycles. The molecule has 9 heteroatoms. The number of hydrogen-bond acceptors (Lipinski definition) is 4. The van der Waals surface area contributed by atoms with Crippen molar-refractivity contribution in [1.82, 2.24) is 9.71 Å². The average Bonchev–Trinajstić information content (AvgIpc) is 3.04. The molecule has 0 radical (unpaired) electrons. The van der Waals surface area contributed by atoms with E-state index in [1.807, 2.05) is 66.7 Å². The molecule has 0 saturated carbocycles. The number of fused-ring (bicyclic) bond motifs is 1. The van der Waals surface area contributed by atoms with Crippen LogP contribution in [-0.4, -0.2) is 13.4 Å². The van der Waals surface area contributed by atoms with E-state index in [0.29, 0.717) is 34.4 Å². The second-order valence-corrected chi connectivity index (χ2v) is 12.2. The highest BCUT2D eigenvalue weighted by atomic mass is 32.2. The van der Waals surface area contributed by atoms with Crippen LogP contribution in [0.15, 0.2) is 138 Å².